The summed E-state index contributed by atoms with van der Waals surface area (Å²) in [6.45, 7) is -0.0684. The summed E-state index contributed by atoms with van der Waals surface area (Å²) in [4.78, 5) is 14.0. The van der Waals surface area contributed by atoms with E-state index < -0.39 is 33.9 Å². The second kappa shape index (κ2) is 8.25. The van der Waals surface area contributed by atoms with Gasteiger partial charge in [-0.25, -0.2) is 12.8 Å². The maximum atomic E-state index is 14.8. The van der Waals surface area contributed by atoms with Gasteiger partial charge in [0.25, 0.3) is 5.91 Å². The van der Waals surface area contributed by atoms with Crippen LogP contribution in [0.3, 0.4) is 0 Å². The molecule has 12 heteroatoms. The smallest absolute Gasteiger partial charge is 0.253 e. The maximum Gasteiger partial charge on any atom is 0.253 e. The number of halogens is 2. The van der Waals surface area contributed by atoms with Gasteiger partial charge in [-0.3, -0.25) is 9.69 Å². The molecule has 0 spiro atoms. The Morgan fingerprint density at radius 1 is 1.40 bits per heavy atom. The number of fused-ring (bicyclic) bond motifs is 1. The van der Waals surface area contributed by atoms with Crippen molar-refractivity contribution in [1.29, 1.82) is 0 Å². The van der Waals surface area contributed by atoms with E-state index in [1.54, 1.807) is 6.07 Å². The molecule has 162 valence electrons. The summed E-state index contributed by atoms with van der Waals surface area (Å²) in [5.41, 5.74) is 0.336. The van der Waals surface area contributed by atoms with Crippen LogP contribution in [-0.4, -0.2) is 62.7 Å². The summed E-state index contributed by atoms with van der Waals surface area (Å²) >= 11 is 3.22. The Hall–Kier alpha value is -2.02. The van der Waals surface area contributed by atoms with E-state index in [9.17, 15) is 17.6 Å². The molecule has 9 nitrogen and oxygen atoms in total. The largest absolute Gasteiger partial charge is 0.494 e. The average Bonchev–Trinajstić information content (AvgIpc) is 3.20. The molecule has 30 heavy (non-hydrogen) atoms. The van der Waals surface area contributed by atoms with Gasteiger partial charge in [0.1, 0.15) is 30.1 Å². The molecule has 0 N–H and O–H groups in total. The highest BCUT2D eigenvalue weighted by molar-refractivity contribution is 9.10. The number of aromatic nitrogens is 1. The van der Waals surface area contributed by atoms with E-state index in [0.29, 0.717) is 10.2 Å². The maximum absolute atomic E-state index is 14.8. The number of amides is 1. The lowest BCUT2D eigenvalue weighted by molar-refractivity contribution is -0.134. The van der Waals surface area contributed by atoms with Gasteiger partial charge in [-0.2, -0.15) is 4.31 Å². The number of ether oxygens (including phenoxy) is 2. The van der Waals surface area contributed by atoms with Crippen LogP contribution in [0.2, 0.25) is 0 Å². The normalized spacial score (nSPS) is 22.8. The van der Waals surface area contributed by atoms with Crippen LogP contribution in [0.25, 0.3) is 0 Å². The molecule has 2 aromatic rings. The molecular formula is C18H19BrFN3O6S. The average molecular weight is 504 g/mol. The zero-order valence-electron chi connectivity index (χ0n) is 16.0. The van der Waals surface area contributed by atoms with Crippen LogP contribution in [0.5, 0.6) is 5.75 Å². The third-order valence-corrected chi connectivity index (χ3v) is 7.41. The van der Waals surface area contributed by atoms with Crippen LogP contribution in [0.4, 0.5) is 10.1 Å². The summed E-state index contributed by atoms with van der Waals surface area (Å²) in [5.74, 6) is -1.11. The second-order valence-corrected chi connectivity index (χ2v) is 9.90. The monoisotopic (exact) mass is 503 g/mol. The number of sulfonamides is 1. The Labute approximate surface area is 180 Å². The van der Waals surface area contributed by atoms with Crippen molar-refractivity contribution in [2.24, 2.45) is 0 Å². The van der Waals surface area contributed by atoms with Gasteiger partial charge in [0.2, 0.25) is 10.0 Å². The van der Waals surface area contributed by atoms with Crippen molar-refractivity contribution in [3.8, 4) is 5.75 Å². The molecule has 1 amide bonds. The predicted octanol–water partition coefficient (Wildman–Crippen LogP) is 1.92. The second-order valence-electron chi connectivity index (χ2n) is 7.01. The zero-order chi connectivity index (χ0) is 21.5. The van der Waals surface area contributed by atoms with E-state index in [1.165, 1.54) is 34.7 Å². The lowest BCUT2D eigenvalue weighted by atomic mass is 9.98. The highest BCUT2D eigenvalue weighted by Gasteiger charge is 2.45. The van der Waals surface area contributed by atoms with Crippen LogP contribution in [0.15, 0.2) is 33.5 Å². The standard InChI is InChI=1S/C18H19BrFN3O6S/c1-27-15-7-11(19)6-13(20)18(15)23-14-2-4-22(8-16(14)28-9-17(23)24)30(25,26)10-12-3-5-29-21-12/h3,5-7,14,16H,2,4,8-10H2,1H3/t14-,16-/m1/s1. The van der Waals surface area contributed by atoms with Gasteiger partial charge >= 0.3 is 0 Å². The molecule has 0 bridgehead atoms. The Kier molecular flexibility index (Phi) is 5.84. The quantitative estimate of drug-likeness (QED) is 0.613. The number of nitrogens with zero attached hydrogens (tertiary/aromatic N) is 3. The first-order chi connectivity index (χ1) is 14.3. The first kappa shape index (κ1) is 21.2. The molecule has 0 aliphatic carbocycles. The van der Waals surface area contributed by atoms with Crippen molar-refractivity contribution in [2.75, 3.05) is 31.7 Å². The Bertz CT molecular complexity index is 1050. The minimum absolute atomic E-state index is 0.0305. The molecule has 0 radical (unpaired) electrons. The number of benzene rings is 1. The molecule has 0 saturated carbocycles. The summed E-state index contributed by atoms with van der Waals surface area (Å²) in [7, 11) is -2.26. The minimum Gasteiger partial charge on any atom is -0.494 e. The highest BCUT2D eigenvalue weighted by atomic mass is 79.9. The molecule has 1 aromatic carbocycles. The summed E-state index contributed by atoms with van der Waals surface area (Å²) in [6, 6.07) is 3.81. The van der Waals surface area contributed by atoms with Crippen LogP contribution in [0, 0.1) is 5.82 Å². The van der Waals surface area contributed by atoms with Gasteiger partial charge in [0.15, 0.2) is 5.82 Å². The molecule has 2 aliphatic heterocycles. The first-order valence-corrected chi connectivity index (χ1v) is 11.5. The van der Waals surface area contributed by atoms with Gasteiger partial charge in [0, 0.05) is 23.6 Å². The van der Waals surface area contributed by atoms with Crippen molar-refractivity contribution >= 4 is 37.5 Å². The summed E-state index contributed by atoms with van der Waals surface area (Å²) < 4.78 is 57.8. The minimum atomic E-state index is -3.66. The molecule has 4 rings (SSSR count). The van der Waals surface area contributed by atoms with E-state index in [-0.39, 0.29) is 43.3 Å². The van der Waals surface area contributed by atoms with E-state index in [4.69, 9.17) is 14.0 Å². The van der Waals surface area contributed by atoms with Gasteiger partial charge < -0.3 is 14.0 Å². The predicted molar refractivity (Wildman–Crippen MR) is 107 cm³/mol. The van der Waals surface area contributed by atoms with Crippen LogP contribution in [0.1, 0.15) is 12.1 Å². The molecule has 0 unspecified atom stereocenters. The highest BCUT2D eigenvalue weighted by Crippen LogP contribution is 2.39. The third kappa shape index (κ3) is 3.96. The van der Waals surface area contributed by atoms with E-state index in [1.807, 2.05) is 0 Å². The van der Waals surface area contributed by atoms with Crippen LogP contribution in [-0.2, 0) is 25.3 Å². The summed E-state index contributed by atoms with van der Waals surface area (Å²) in [5, 5.41) is 3.65. The van der Waals surface area contributed by atoms with Gasteiger partial charge in [-0.15, -0.1) is 0 Å². The first-order valence-electron chi connectivity index (χ1n) is 9.14. The number of hydrogen-bond acceptors (Lipinski definition) is 7. The van der Waals surface area contributed by atoms with Crippen LogP contribution >= 0.6 is 15.9 Å². The lowest BCUT2D eigenvalue weighted by Crippen LogP contribution is -2.62. The van der Waals surface area contributed by atoms with Crippen molar-refractivity contribution in [3.63, 3.8) is 0 Å². The Balaban J connectivity index is 1.59. The molecule has 2 saturated heterocycles. The number of carbonyl (C=O) groups excluding carboxylic acids is 1. The van der Waals surface area contributed by atoms with Gasteiger partial charge in [-0.05, 0) is 18.6 Å². The number of hydrogen-bond donors (Lipinski definition) is 0. The number of anilines is 1. The Morgan fingerprint density at radius 3 is 2.90 bits per heavy atom. The molecule has 3 heterocycles. The Morgan fingerprint density at radius 2 is 2.20 bits per heavy atom. The third-order valence-electron chi connectivity index (χ3n) is 5.18. The number of morpholine rings is 1. The zero-order valence-corrected chi connectivity index (χ0v) is 18.4. The fourth-order valence-corrected chi connectivity index (χ4v) is 5.70. The number of piperidine rings is 1. The summed E-state index contributed by atoms with van der Waals surface area (Å²) in [6.07, 6.45) is 0.995. The SMILES string of the molecule is COc1cc(Br)cc(F)c1N1C(=O)CO[C@@H]2CN(S(=O)(=O)Cc3ccon3)CC[C@H]21. The van der Waals surface area contributed by atoms with Crippen LogP contribution < -0.4 is 9.64 Å². The van der Waals surface area contributed by atoms with Crippen molar-refractivity contribution in [2.45, 2.75) is 24.3 Å². The fraction of sp³-hybridized carbons (Fsp3) is 0.444. The van der Waals surface area contributed by atoms with Crippen molar-refractivity contribution in [3.05, 3.63) is 40.4 Å². The molecule has 2 atom stereocenters. The number of carbonyl (C=O) groups is 1. The van der Waals surface area contributed by atoms with Crippen molar-refractivity contribution in [1.82, 2.24) is 9.46 Å². The topological polar surface area (TPSA) is 102 Å². The van der Waals surface area contributed by atoms with E-state index in [2.05, 4.69) is 21.1 Å². The van der Waals surface area contributed by atoms with E-state index >= 15 is 0 Å². The molecule has 2 aliphatic rings. The van der Waals surface area contributed by atoms with E-state index in [0.717, 1.165) is 0 Å². The number of rotatable bonds is 5. The van der Waals surface area contributed by atoms with Gasteiger partial charge in [0.05, 0.1) is 24.9 Å². The fourth-order valence-electron chi connectivity index (χ4n) is 3.83. The molecule has 2 fully saturated rings. The van der Waals surface area contributed by atoms with Crippen molar-refractivity contribution < 1.29 is 31.6 Å². The van der Waals surface area contributed by atoms with Gasteiger partial charge in [-0.1, -0.05) is 21.1 Å². The number of methoxy groups -OCH3 is 1. The molecule has 1 aromatic heterocycles. The lowest BCUT2D eigenvalue weighted by Gasteiger charge is -2.46. The molecular weight excluding hydrogens is 485 g/mol.